The molecule has 2 rings (SSSR count). The normalized spacial score (nSPS) is 29.3. The van der Waals surface area contributed by atoms with Crippen molar-refractivity contribution in [2.24, 2.45) is 0 Å². The molecule has 2 aliphatic rings. The summed E-state index contributed by atoms with van der Waals surface area (Å²) in [6, 6.07) is 1.05. The van der Waals surface area contributed by atoms with Gasteiger partial charge >= 0.3 is 16.5 Å². The third-order valence-electron chi connectivity index (χ3n) is 2.71. The summed E-state index contributed by atoms with van der Waals surface area (Å²) in [6.07, 6.45) is 9.43. The first kappa shape index (κ1) is 17.5. The van der Waals surface area contributed by atoms with Gasteiger partial charge in [-0.05, 0) is 0 Å². The first-order valence-corrected chi connectivity index (χ1v) is 4.95. The second-order valence-electron chi connectivity index (χ2n) is 3.61. The summed E-state index contributed by atoms with van der Waals surface area (Å²) in [7, 11) is 0. The van der Waals surface area contributed by atoms with Crippen molar-refractivity contribution in [2.45, 2.75) is 37.8 Å². The van der Waals surface area contributed by atoms with Crippen LogP contribution in [-0.4, -0.2) is 36.1 Å². The van der Waals surface area contributed by atoms with E-state index >= 15 is 0 Å². The molecule has 1 fully saturated rings. The van der Waals surface area contributed by atoms with Crippen LogP contribution < -0.4 is 0 Å². The van der Waals surface area contributed by atoms with E-state index in [-0.39, 0.29) is 27.4 Å². The van der Waals surface area contributed by atoms with E-state index in [1.807, 2.05) is 0 Å². The van der Waals surface area contributed by atoms with E-state index in [1.54, 1.807) is 0 Å². The molecule has 2 unspecified atom stereocenters. The fraction of sp³-hybridized carbons (Fsp3) is 0.800. The minimum Gasteiger partial charge on any atom is -0.661 e. The van der Waals surface area contributed by atoms with Gasteiger partial charge in [0.15, 0.2) is 0 Å². The Balaban J connectivity index is 0. The first-order chi connectivity index (χ1) is 5.97. The third-order valence-corrected chi connectivity index (χ3v) is 2.71. The number of nitrogens with zero attached hydrogens (tertiary/aromatic N) is 2. The predicted octanol–water partition coefficient (Wildman–Crippen LogP) is 0.963. The molecular formula is C10H20N2NiO2. The van der Waals surface area contributed by atoms with Crippen LogP contribution >= 0.6 is 0 Å². The van der Waals surface area contributed by atoms with Crippen LogP contribution in [0, 0.1) is 0 Å². The van der Waals surface area contributed by atoms with Crippen LogP contribution in [0.1, 0.15) is 25.7 Å². The maximum Gasteiger partial charge on any atom is 2.00 e. The van der Waals surface area contributed by atoms with E-state index in [2.05, 4.69) is 22.8 Å². The van der Waals surface area contributed by atoms with Crippen LogP contribution in [-0.2, 0) is 16.5 Å². The molecule has 2 heterocycles. The van der Waals surface area contributed by atoms with Crippen molar-refractivity contribution >= 4 is 0 Å². The summed E-state index contributed by atoms with van der Waals surface area (Å²) in [4.78, 5) is 0. The monoisotopic (exact) mass is 258 g/mol. The van der Waals surface area contributed by atoms with Crippen molar-refractivity contribution in [2.75, 3.05) is 13.1 Å². The molecule has 4 N–H and O–H groups in total. The largest absolute Gasteiger partial charge is 2.00 e. The minimum atomic E-state index is 0. The summed E-state index contributed by atoms with van der Waals surface area (Å²) in [6.45, 7) is 1.98. The third kappa shape index (κ3) is 5.09. The molecule has 0 aliphatic carbocycles. The zero-order valence-electron chi connectivity index (χ0n) is 8.76. The van der Waals surface area contributed by atoms with Gasteiger partial charge in [-0.2, -0.15) is 6.04 Å². The molecule has 92 valence electrons. The Morgan fingerprint density at radius 2 is 1.73 bits per heavy atom. The molecule has 0 aromatic rings. The van der Waals surface area contributed by atoms with Crippen LogP contribution in [0.4, 0.5) is 0 Å². The van der Waals surface area contributed by atoms with E-state index in [0.717, 1.165) is 19.5 Å². The molecule has 0 amide bonds. The molecular weight excluding hydrogens is 239 g/mol. The van der Waals surface area contributed by atoms with Gasteiger partial charge in [-0.1, -0.05) is 31.8 Å². The molecule has 0 saturated carbocycles. The summed E-state index contributed by atoms with van der Waals surface area (Å²) in [5.74, 6) is 0. The zero-order chi connectivity index (χ0) is 8.23. The van der Waals surface area contributed by atoms with E-state index in [9.17, 15) is 0 Å². The van der Waals surface area contributed by atoms with Crippen LogP contribution in [0.3, 0.4) is 0 Å². The topological polar surface area (TPSA) is 91.2 Å². The molecule has 1 saturated heterocycles. The van der Waals surface area contributed by atoms with E-state index < -0.39 is 0 Å². The average Bonchev–Trinajstić information content (AvgIpc) is 2.21. The van der Waals surface area contributed by atoms with Crippen LogP contribution in [0.25, 0.3) is 10.6 Å². The SMILES string of the molecule is C1=CCC(C2CCCC[N-]2)[N-]C1.O.O.[Ni+2]. The van der Waals surface area contributed by atoms with Gasteiger partial charge < -0.3 is 21.6 Å². The van der Waals surface area contributed by atoms with E-state index in [0.29, 0.717) is 12.1 Å². The quantitative estimate of drug-likeness (QED) is 0.495. The molecule has 0 radical (unpaired) electrons. The molecule has 0 spiro atoms. The van der Waals surface area contributed by atoms with Crippen molar-refractivity contribution in [1.29, 1.82) is 0 Å². The van der Waals surface area contributed by atoms with Gasteiger partial charge in [-0.15, -0.1) is 25.2 Å². The van der Waals surface area contributed by atoms with Gasteiger partial charge in [0.2, 0.25) is 0 Å². The standard InChI is InChI=1S/C10H16N2.Ni.2H2O/c1-3-7-11-9(5-1)10-6-2-4-8-12-10;;;/h1,3,9-10H,2,4-8H2;;2*1H2/q-2;+2;;. The Morgan fingerprint density at radius 1 is 0.933 bits per heavy atom. The Morgan fingerprint density at radius 3 is 2.27 bits per heavy atom. The Labute approximate surface area is 101 Å². The fourth-order valence-corrected chi connectivity index (χ4v) is 1.99. The molecule has 4 nitrogen and oxygen atoms in total. The van der Waals surface area contributed by atoms with Gasteiger partial charge in [0.1, 0.15) is 0 Å². The van der Waals surface area contributed by atoms with Crippen LogP contribution in [0.15, 0.2) is 12.2 Å². The Bertz CT molecular complexity index is 173. The van der Waals surface area contributed by atoms with Crippen molar-refractivity contribution in [1.82, 2.24) is 0 Å². The molecule has 2 aliphatic heterocycles. The van der Waals surface area contributed by atoms with Crippen molar-refractivity contribution in [3.63, 3.8) is 0 Å². The van der Waals surface area contributed by atoms with Gasteiger partial charge in [0.25, 0.3) is 0 Å². The average molecular weight is 259 g/mol. The Hall–Kier alpha value is 0.0735. The summed E-state index contributed by atoms with van der Waals surface area (Å²) in [5, 5.41) is 9.20. The second-order valence-corrected chi connectivity index (χ2v) is 3.61. The number of piperidine rings is 1. The van der Waals surface area contributed by atoms with E-state index in [1.165, 1.54) is 19.3 Å². The van der Waals surface area contributed by atoms with Crippen LogP contribution in [0.2, 0.25) is 0 Å². The Kier molecular flexibility index (Phi) is 10.8. The predicted molar refractivity (Wildman–Crippen MR) is 58.9 cm³/mol. The fourth-order valence-electron chi connectivity index (χ4n) is 1.99. The molecule has 15 heavy (non-hydrogen) atoms. The summed E-state index contributed by atoms with van der Waals surface area (Å²) >= 11 is 0. The maximum absolute atomic E-state index is 4.63. The van der Waals surface area contributed by atoms with Crippen molar-refractivity contribution in [3.05, 3.63) is 22.8 Å². The maximum atomic E-state index is 4.63. The van der Waals surface area contributed by atoms with Crippen molar-refractivity contribution < 1.29 is 27.4 Å². The molecule has 0 aromatic heterocycles. The minimum absolute atomic E-state index is 0. The number of hydrogen-bond acceptors (Lipinski definition) is 0. The zero-order valence-corrected chi connectivity index (χ0v) is 9.75. The second kappa shape index (κ2) is 9.31. The van der Waals surface area contributed by atoms with Gasteiger partial charge in [-0.3, -0.25) is 0 Å². The molecule has 0 bridgehead atoms. The molecule has 5 heteroatoms. The smallest absolute Gasteiger partial charge is 0.661 e. The molecule has 0 aromatic carbocycles. The summed E-state index contributed by atoms with van der Waals surface area (Å²) < 4.78 is 0. The van der Waals surface area contributed by atoms with Crippen molar-refractivity contribution in [3.8, 4) is 0 Å². The van der Waals surface area contributed by atoms with E-state index in [4.69, 9.17) is 0 Å². The number of rotatable bonds is 1. The first-order valence-electron chi connectivity index (χ1n) is 4.95. The molecule has 2 atom stereocenters. The van der Waals surface area contributed by atoms with Gasteiger partial charge in [0, 0.05) is 0 Å². The van der Waals surface area contributed by atoms with Gasteiger partial charge in [0.05, 0.1) is 0 Å². The van der Waals surface area contributed by atoms with Crippen LogP contribution in [0.5, 0.6) is 0 Å². The van der Waals surface area contributed by atoms with Gasteiger partial charge in [-0.25, -0.2) is 0 Å². The number of hydrogen-bond donors (Lipinski definition) is 0. The summed E-state index contributed by atoms with van der Waals surface area (Å²) in [5.41, 5.74) is 0.